The first-order chi connectivity index (χ1) is 17.2. The van der Waals surface area contributed by atoms with E-state index in [1.54, 1.807) is 11.1 Å². The average molecular weight is 490 g/mol. The minimum atomic E-state index is -0.669. The van der Waals surface area contributed by atoms with Crippen molar-refractivity contribution in [2.45, 2.75) is 51.8 Å². The van der Waals surface area contributed by atoms with Crippen LogP contribution in [0.15, 0.2) is 48.7 Å². The van der Waals surface area contributed by atoms with E-state index in [0.29, 0.717) is 38.2 Å². The van der Waals surface area contributed by atoms with Gasteiger partial charge in [0.2, 0.25) is 11.8 Å². The molecule has 1 saturated heterocycles. The number of aromatic nitrogens is 2. The standard InChI is InChI=1S/C27H31N5O4/c1-27(2,3)36-26(35)32-16-18-7-5-4-6-17(18)13-23(32)25(34)31-11-10-19(15-31)24(33)29-21-8-9-22-20(12-21)14-28-30-22/h4-9,12,14,19,23H,10-11,13,15-16H2,1-3H3,(H,28,30)(H,29,33)/t19?,23-/m1/s1. The summed E-state index contributed by atoms with van der Waals surface area (Å²) in [4.78, 5) is 42.9. The number of H-pyrrole nitrogens is 1. The van der Waals surface area contributed by atoms with Crippen LogP contribution in [0.3, 0.4) is 0 Å². The van der Waals surface area contributed by atoms with Crippen LogP contribution in [0.2, 0.25) is 0 Å². The molecule has 3 heterocycles. The number of rotatable bonds is 3. The topological polar surface area (TPSA) is 108 Å². The predicted molar refractivity (Wildman–Crippen MR) is 135 cm³/mol. The lowest BCUT2D eigenvalue weighted by molar-refractivity contribution is -0.136. The Morgan fingerprint density at radius 1 is 1.11 bits per heavy atom. The van der Waals surface area contributed by atoms with Gasteiger partial charge in [-0.3, -0.25) is 19.6 Å². The first-order valence-corrected chi connectivity index (χ1v) is 12.3. The number of fused-ring (bicyclic) bond motifs is 2. The minimum absolute atomic E-state index is 0.119. The molecule has 0 bridgehead atoms. The minimum Gasteiger partial charge on any atom is -0.444 e. The highest BCUT2D eigenvalue weighted by Gasteiger charge is 2.41. The van der Waals surface area contributed by atoms with Gasteiger partial charge < -0.3 is 15.0 Å². The third kappa shape index (κ3) is 4.91. The molecule has 2 aliphatic heterocycles. The summed E-state index contributed by atoms with van der Waals surface area (Å²) >= 11 is 0. The highest BCUT2D eigenvalue weighted by Crippen LogP contribution is 2.28. The van der Waals surface area contributed by atoms with Crippen LogP contribution in [0, 0.1) is 5.92 Å². The molecule has 0 radical (unpaired) electrons. The summed E-state index contributed by atoms with van der Waals surface area (Å²) in [5.41, 5.74) is 2.99. The molecule has 9 heteroatoms. The van der Waals surface area contributed by atoms with Gasteiger partial charge in [-0.15, -0.1) is 0 Å². The molecule has 36 heavy (non-hydrogen) atoms. The number of aromatic amines is 1. The van der Waals surface area contributed by atoms with Crippen molar-refractivity contribution in [2.75, 3.05) is 18.4 Å². The van der Waals surface area contributed by atoms with Crippen LogP contribution in [0.25, 0.3) is 10.9 Å². The molecule has 188 valence electrons. The second-order valence-corrected chi connectivity index (χ2v) is 10.5. The number of nitrogens with zero attached hydrogens (tertiary/aromatic N) is 3. The molecule has 0 spiro atoms. The fraction of sp³-hybridized carbons (Fsp3) is 0.407. The molecule has 2 aromatic carbocycles. The van der Waals surface area contributed by atoms with E-state index in [4.69, 9.17) is 4.74 Å². The van der Waals surface area contributed by atoms with Crippen molar-refractivity contribution in [1.29, 1.82) is 0 Å². The van der Waals surface area contributed by atoms with Crippen LogP contribution in [-0.4, -0.2) is 62.6 Å². The highest BCUT2D eigenvalue weighted by atomic mass is 16.6. The Balaban J connectivity index is 1.28. The number of nitrogens with one attached hydrogen (secondary N) is 2. The number of amides is 3. The number of hydrogen-bond acceptors (Lipinski definition) is 5. The lowest BCUT2D eigenvalue weighted by atomic mass is 9.93. The second kappa shape index (κ2) is 9.29. The summed E-state index contributed by atoms with van der Waals surface area (Å²) in [7, 11) is 0. The van der Waals surface area contributed by atoms with E-state index in [2.05, 4.69) is 15.5 Å². The number of ether oxygens (including phenoxy) is 1. The van der Waals surface area contributed by atoms with Gasteiger partial charge in [0, 0.05) is 30.6 Å². The van der Waals surface area contributed by atoms with Gasteiger partial charge in [-0.2, -0.15) is 5.10 Å². The van der Waals surface area contributed by atoms with Crippen molar-refractivity contribution in [3.63, 3.8) is 0 Å². The summed E-state index contributed by atoms with van der Waals surface area (Å²) in [5, 5.41) is 10.8. The van der Waals surface area contributed by atoms with E-state index in [1.165, 1.54) is 4.90 Å². The van der Waals surface area contributed by atoms with E-state index in [9.17, 15) is 14.4 Å². The molecule has 3 aromatic rings. The van der Waals surface area contributed by atoms with Gasteiger partial charge in [-0.25, -0.2) is 4.79 Å². The van der Waals surface area contributed by atoms with E-state index >= 15 is 0 Å². The number of benzene rings is 2. The third-order valence-corrected chi connectivity index (χ3v) is 6.74. The molecule has 1 aromatic heterocycles. The number of anilines is 1. The lowest BCUT2D eigenvalue weighted by Gasteiger charge is -2.38. The van der Waals surface area contributed by atoms with Gasteiger partial charge in [0.25, 0.3) is 0 Å². The quantitative estimate of drug-likeness (QED) is 0.583. The molecule has 0 saturated carbocycles. The number of hydrogen-bond donors (Lipinski definition) is 2. The van der Waals surface area contributed by atoms with Crippen LogP contribution >= 0.6 is 0 Å². The van der Waals surface area contributed by atoms with Gasteiger partial charge in [0.15, 0.2) is 0 Å². The van der Waals surface area contributed by atoms with E-state index in [0.717, 1.165) is 22.0 Å². The van der Waals surface area contributed by atoms with Crippen LogP contribution in [-0.2, 0) is 27.3 Å². The SMILES string of the molecule is CC(C)(C)OC(=O)N1Cc2ccccc2C[C@@H]1C(=O)N1CCC(C(=O)Nc2ccc3[nH]ncc3c2)C1. The van der Waals surface area contributed by atoms with E-state index < -0.39 is 17.7 Å². The largest absolute Gasteiger partial charge is 0.444 e. The monoisotopic (exact) mass is 489 g/mol. The van der Waals surface area contributed by atoms with Gasteiger partial charge >= 0.3 is 6.09 Å². The number of likely N-dealkylation sites (tertiary alicyclic amines) is 1. The Labute approximate surface area is 209 Å². The van der Waals surface area contributed by atoms with Gasteiger partial charge in [0.1, 0.15) is 11.6 Å². The van der Waals surface area contributed by atoms with Crippen LogP contribution < -0.4 is 5.32 Å². The maximum absolute atomic E-state index is 13.7. The maximum atomic E-state index is 13.7. The molecule has 2 aliphatic rings. The summed E-state index contributed by atoms with van der Waals surface area (Å²) in [6.07, 6.45) is 2.20. The normalized spacial score (nSPS) is 19.8. The lowest BCUT2D eigenvalue weighted by Crippen LogP contribution is -2.54. The van der Waals surface area contributed by atoms with Crippen molar-refractivity contribution in [2.24, 2.45) is 5.92 Å². The molecule has 0 aliphatic carbocycles. The zero-order chi connectivity index (χ0) is 25.4. The molecule has 9 nitrogen and oxygen atoms in total. The number of carbonyl (C=O) groups is 3. The summed E-state index contributed by atoms with van der Waals surface area (Å²) in [6, 6.07) is 12.8. The van der Waals surface area contributed by atoms with Crippen molar-refractivity contribution in [1.82, 2.24) is 20.0 Å². The second-order valence-electron chi connectivity index (χ2n) is 10.5. The maximum Gasteiger partial charge on any atom is 0.411 e. The molecule has 2 atom stereocenters. The third-order valence-electron chi connectivity index (χ3n) is 6.74. The smallest absolute Gasteiger partial charge is 0.411 e. The Morgan fingerprint density at radius 2 is 1.89 bits per heavy atom. The molecule has 2 N–H and O–H groups in total. The Hall–Kier alpha value is -3.88. The highest BCUT2D eigenvalue weighted by molar-refractivity contribution is 5.96. The van der Waals surface area contributed by atoms with Crippen LogP contribution in [0.1, 0.15) is 38.3 Å². The first kappa shape index (κ1) is 23.8. The number of carbonyl (C=O) groups excluding carboxylic acids is 3. The fourth-order valence-electron chi connectivity index (χ4n) is 4.91. The molecular formula is C27H31N5O4. The summed E-state index contributed by atoms with van der Waals surface area (Å²) < 4.78 is 5.63. The zero-order valence-corrected chi connectivity index (χ0v) is 20.8. The van der Waals surface area contributed by atoms with E-state index in [-0.39, 0.29) is 17.7 Å². The van der Waals surface area contributed by atoms with Gasteiger partial charge in [-0.05, 0) is 56.5 Å². The Morgan fingerprint density at radius 3 is 2.67 bits per heavy atom. The predicted octanol–water partition coefficient (Wildman–Crippen LogP) is 3.71. The van der Waals surface area contributed by atoms with E-state index in [1.807, 2.05) is 63.2 Å². The van der Waals surface area contributed by atoms with Crippen molar-refractivity contribution in [3.05, 3.63) is 59.8 Å². The van der Waals surface area contributed by atoms with Crippen LogP contribution in [0.4, 0.5) is 10.5 Å². The Kier molecular flexibility index (Phi) is 6.15. The van der Waals surface area contributed by atoms with Crippen molar-refractivity contribution < 1.29 is 19.1 Å². The van der Waals surface area contributed by atoms with Gasteiger partial charge in [0.05, 0.1) is 24.2 Å². The van der Waals surface area contributed by atoms with Crippen molar-refractivity contribution in [3.8, 4) is 0 Å². The van der Waals surface area contributed by atoms with Crippen molar-refractivity contribution >= 4 is 34.5 Å². The zero-order valence-electron chi connectivity index (χ0n) is 20.8. The van der Waals surface area contributed by atoms with Gasteiger partial charge in [-0.1, -0.05) is 24.3 Å². The molecule has 1 fully saturated rings. The first-order valence-electron chi connectivity index (χ1n) is 12.3. The summed E-state index contributed by atoms with van der Waals surface area (Å²) in [5.74, 6) is -0.587. The average Bonchev–Trinajstić information content (AvgIpc) is 3.51. The molecule has 1 unspecified atom stereocenters. The Bertz CT molecular complexity index is 1310. The molecule has 5 rings (SSSR count). The molecule has 3 amide bonds. The summed E-state index contributed by atoms with van der Waals surface area (Å²) in [6.45, 7) is 6.54. The fourth-order valence-corrected chi connectivity index (χ4v) is 4.91. The van der Waals surface area contributed by atoms with Crippen LogP contribution in [0.5, 0.6) is 0 Å². The molecular weight excluding hydrogens is 458 g/mol.